The molecule has 0 spiro atoms. The standard InChI is InChI=1S/C23H19ClN2O5/c1-29-20-11-13(10-16(24)21(20)27)22-25-17-5-3-2-4-15(17)23(28)26(22)14-6-7-18-19(12-14)31-9-8-30-18/h2-7,10-12,22,25,27H,8-9H2,1H3. The van der Waals surface area contributed by atoms with Crippen molar-refractivity contribution in [3.05, 3.63) is 70.7 Å². The molecule has 31 heavy (non-hydrogen) atoms. The number of hydrogen-bond acceptors (Lipinski definition) is 6. The smallest absolute Gasteiger partial charge is 0.262 e. The molecule has 0 saturated carbocycles. The molecule has 0 bridgehead atoms. The average Bonchev–Trinajstić information content (AvgIpc) is 2.80. The number of rotatable bonds is 3. The molecule has 0 radical (unpaired) electrons. The lowest BCUT2D eigenvalue weighted by Gasteiger charge is -2.38. The summed E-state index contributed by atoms with van der Waals surface area (Å²) in [6.45, 7) is 0.929. The summed E-state index contributed by atoms with van der Waals surface area (Å²) in [6, 6.07) is 16.0. The number of anilines is 2. The predicted octanol–water partition coefficient (Wildman–Crippen LogP) is 4.60. The number of fused-ring (bicyclic) bond motifs is 2. The van der Waals surface area contributed by atoms with Crippen molar-refractivity contribution in [2.45, 2.75) is 6.17 Å². The normalized spacial score (nSPS) is 17.0. The largest absolute Gasteiger partial charge is 0.503 e. The van der Waals surface area contributed by atoms with E-state index in [1.165, 1.54) is 7.11 Å². The third-order valence-corrected chi connectivity index (χ3v) is 5.61. The van der Waals surface area contributed by atoms with Gasteiger partial charge in [0, 0.05) is 17.3 Å². The number of carbonyl (C=O) groups is 1. The second kappa shape index (κ2) is 7.59. The predicted molar refractivity (Wildman–Crippen MR) is 117 cm³/mol. The molecule has 1 amide bonds. The Hall–Kier alpha value is -3.58. The first-order valence-corrected chi connectivity index (χ1v) is 10.1. The summed E-state index contributed by atoms with van der Waals surface area (Å²) in [7, 11) is 1.45. The highest BCUT2D eigenvalue weighted by molar-refractivity contribution is 6.32. The first-order valence-electron chi connectivity index (χ1n) is 9.72. The number of amides is 1. The quantitative estimate of drug-likeness (QED) is 0.622. The zero-order chi connectivity index (χ0) is 21.5. The third kappa shape index (κ3) is 3.27. The molecular formula is C23H19ClN2O5. The van der Waals surface area contributed by atoms with Crippen molar-refractivity contribution in [3.8, 4) is 23.0 Å². The molecule has 2 heterocycles. The second-order valence-electron chi connectivity index (χ2n) is 7.15. The summed E-state index contributed by atoms with van der Waals surface area (Å²) in [4.78, 5) is 15.2. The van der Waals surface area contributed by atoms with Crippen molar-refractivity contribution in [1.82, 2.24) is 0 Å². The van der Waals surface area contributed by atoms with Crippen LogP contribution in [0, 0.1) is 0 Å². The van der Waals surface area contributed by atoms with Gasteiger partial charge in [-0.05, 0) is 36.4 Å². The van der Waals surface area contributed by atoms with Gasteiger partial charge in [-0.1, -0.05) is 23.7 Å². The van der Waals surface area contributed by atoms with Crippen LogP contribution < -0.4 is 24.4 Å². The maximum atomic E-state index is 13.6. The minimum Gasteiger partial charge on any atom is -0.503 e. The van der Waals surface area contributed by atoms with Crippen molar-refractivity contribution in [1.29, 1.82) is 0 Å². The molecule has 0 fully saturated rings. The molecule has 8 heteroatoms. The Morgan fingerprint density at radius 1 is 1.10 bits per heavy atom. The van der Waals surface area contributed by atoms with Crippen LogP contribution in [-0.4, -0.2) is 31.3 Å². The molecule has 3 aromatic carbocycles. The topological polar surface area (TPSA) is 80.3 Å². The van der Waals surface area contributed by atoms with Crippen LogP contribution in [0.1, 0.15) is 22.1 Å². The van der Waals surface area contributed by atoms with E-state index in [4.69, 9.17) is 25.8 Å². The summed E-state index contributed by atoms with van der Waals surface area (Å²) in [5.74, 6) is 1.10. The van der Waals surface area contributed by atoms with Crippen LogP contribution in [0.2, 0.25) is 5.02 Å². The van der Waals surface area contributed by atoms with Crippen LogP contribution in [0.25, 0.3) is 0 Å². The lowest BCUT2D eigenvalue weighted by molar-refractivity contribution is 0.0974. The summed E-state index contributed by atoms with van der Waals surface area (Å²) >= 11 is 6.24. The summed E-state index contributed by atoms with van der Waals surface area (Å²) in [5.41, 5.74) is 2.53. The number of aromatic hydroxyl groups is 1. The van der Waals surface area contributed by atoms with Gasteiger partial charge in [0.15, 0.2) is 23.0 Å². The summed E-state index contributed by atoms with van der Waals surface area (Å²) < 4.78 is 16.6. The van der Waals surface area contributed by atoms with Gasteiger partial charge in [0.2, 0.25) is 0 Å². The Balaban J connectivity index is 1.66. The van der Waals surface area contributed by atoms with E-state index >= 15 is 0 Å². The van der Waals surface area contributed by atoms with Crippen LogP contribution in [0.15, 0.2) is 54.6 Å². The van der Waals surface area contributed by atoms with E-state index in [9.17, 15) is 9.90 Å². The van der Waals surface area contributed by atoms with E-state index in [-0.39, 0.29) is 22.4 Å². The average molecular weight is 439 g/mol. The molecule has 2 aliphatic heterocycles. The number of phenols is 1. The number of phenolic OH excluding ortho intramolecular Hbond substituents is 1. The van der Waals surface area contributed by atoms with Crippen molar-refractivity contribution in [2.75, 3.05) is 30.5 Å². The van der Waals surface area contributed by atoms with Crippen molar-refractivity contribution in [2.24, 2.45) is 0 Å². The molecular weight excluding hydrogens is 420 g/mol. The van der Waals surface area contributed by atoms with E-state index in [1.807, 2.05) is 24.3 Å². The van der Waals surface area contributed by atoms with E-state index in [2.05, 4.69) is 5.32 Å². The van der Waals surface area contributed by atoms with E-state index in [1.54, 1.807) is 35.2 Å². The molecule has 5 rings (SSSR count). The molecule has 158 valence electrons. The number of nitrogens with zero attached hydrogens (tertiary/aromatic N) is 1. The molecule has 2 N–H and O–H groups in total. The Labute approximate surface area is 183 Å². The summed E-state index contributed by atoms with van der Waals surface area (Å²) in [6.07, 6.45) is -0.600. The second-order valence-corrected chi connectivity index (χ2v) is 7.56. The Bertz CT molecular complexity index is 1180. The van der Waals surface area contributed by atoms with Crippen LogP contribution in [-0.2, 0) is 0 Å². The van der Waals surface area contributed by atoms with Gasteiger partial charge >= 0.3 is 0 Å². The van der Waals surface area contributed by atoms with Crippen molar-refractivity contribution in [3.63, 3.8) is 0 Å². The molecule has 3 aromatic rings. The van der Waals surface area contributed by atoms with Crippen LogP contribution in [0.3, 0.4) is 0 Å². The monoisotopic (exact) mass is 438 g/mol. The van der Waals surface area contributed by atoms with E-state index in [0.29, 0.717) is 47.2 Å². The minimum absolute atomic E-state index is 0.129. The maximum absolute atomic E-state index is 13.6. The first kappa shape index (κ1) is 19.4. The van der Waals surface area contributed by atoms with Gasteiger partial charge < -0.3 is 24.6 Å². The molecule has 7 nitrogen and oxygen atoms in total. The van der Waals surface area contributed by atoms with Gasteiger partial charge in [-0.25, -0.2) is 0 Å². The number of para-hydroxylation sites is 1. The highest BCUT2D eigenvalue weighted by Gasteiger charge is 2.35. The number of hydrogen-bond donors (Lipinski definition) is 2. The first-order chi connectivity index (χ1) is 15.1. The summed E-state index contributed by atoms with van der Waals surface area (Å²) in [5, 5.41) is 13.7. The number of halogens is 1. The third-order valence-electron chi connectivity index (χ3n) is 5.32. The van der Waals surface area contributed by atoms with Crippen molar-refractivity contribution >= 4 is 28.9 Å². The van der Waals surface area contributed by atoms with Gasteiger partial charge in [0.1, 0.15) is 19.4 Å². The molecule has 0 aliphatic carbocycles. The number of carbonyl (C=O) groups excluding carboxylic acids is 1. The fourth-order valence-electron chi connectivity index (χ4n) is 3.84. The minimum atomic E-state index is -0.600. The number of nitrogens with one attached hydrogen (secondary N) is 1. The lowest BCUT2D eigenvalue weighted by atomic mass is 10.0. The molecule has 0 saturated heterocycles. The fraction of sp³-hybridized carbons (Fsp3) is 0.174. The van der Waals surface area contributed by atoms with Crippen LogP contribution in [0.4, 0.5) is 11.4 Å². The number of ether oxygens (including phenoxy) is 3. The van der Waals surface area contributed by atoms with E-state index < -0.39 is 6.17 Å². The van der Waals surface area contributed by atoms with E-state index in [0.717, 1.165) is 0 Å². The molecule has 1 unspecified atom stereocenters. The Morgan fingerprint density at radius 3 is 2.68 bits per heavy atom. The van der Waals surface area contributed by atoms with Crippen LogP contribution in [0.5, 0.6) is 23.0 Å². The van der Waals surface area contributed by atoms with Gasteiger partial charge in [0.25, 0.3) is 5.91 Å². The number of benzene rings is 3. The SMILES string of the molecule is COc1cc(C2Nc3ccccc3C(=O)N2c2ccc3c(c2)OCCO3)cc(Cl)c1O. The van der Waals surface area contributed by atoms with Gasteiger partial charge in [-0.15, -0.1) is 0 Å². The maximum Gasteiger partial charge on any atom is 0.262 e. The molecule has 2 aliphatic rings. The Morgan fingerprint density at radius 2 is 1.87 bits per heavy atom. The lowest BCUT2D eigenvalue weighted by Crippen LogP contribution is -2.43. The van der Waals surface area contributed by atoms with Crippen LogP contribution >= 0.6 is 11.6 Å². The number of methoxy groups -OCH3 is 1. The zero-order valence-corrected chi connectivity index (χ0v) is 17.3. The molecule has 1 atom stereocenters. The van der Waals surface area contributed by atoms with Gasteiger partial charge in [-0.2, -0.15) is 0 Å². The zero-order valence-electron chi connectivity index (χ0n) is 16.6. The Kier molecular flexibility index (Phi) is 4.75. The van der Waals surface area contributed by atoms with Crippen molar-refractivity contribution < 1.29 is 24.1 Å². The highest BCUT2D eigenvalue weighted by atomic mass is 35.5. The van der Waals surface area contributed by atoms with Gasteiger partial charge in [0.05, 0.1) is 23.4 Å². The highest BCUT2D eigenvalue weighted by Crippen LogP contribution is 2.43. The van der Waals surface area contributed by atoms with Gasteiger partial charge in [-0.3, -0.25) is 9.69 Å². The molecule has 0 aromatic heterocycles. The fourth-order valence-corrected chi connectivity index (χ4v) is 4.06.